The number of allylic oxidation sites excluding steroid dienone is 1. The minimum absolute atomic E-state index is 0.0367. The molecular weight excluding hydrogens is 284 g/mol. The predicted octanol–water partition coefficient (Wildman–Crippen LogP) is 4.30. The number of hydrogen-bond donors (Lipinski definition) is 0. The summed E-state index contributed by atoms with van der Waals surface area (Å²) >= 11 is 1.54. The third-order valence-electron chi connectivity index (χ3n) is 2.94. The van der Waals surface area contributed by atoms with E-state index < -0.39 is 0 Å². The van der Waals surface area contributed by atoms with Crippen LogP contribution in [0, 0.1) is 10.1 Å². The van der Waals surface area contributed by atoms with Crippen LogP contribution in [0.3, 0.4) is 0 Å². The first-order chi connectivity index (χ1) is 9.86. The Morgan fingerprint density at radius 2 is 2.00 bits per heavy atom. The van der Waals surface area contributed by atoms with Crippen molar-refractivity contribution in [2.45, 2.75) is 32.6 Å². The fourth-order valence-electron chi connectivity index (χ4n) is 1.84. The number of benzene rings is 1. The molecule has 0 saturated carbocycles. The zero-order valence-corrected chi connectivity index (χ0v) is 13.2. The Kier molecular flexibility index (Phi) is 4.53. The normalized spacial score (nSPS) is 12.4. The van der Waals surface area contributed by atoms with Crippen molar-refractivity contribution in [1.29, 1.82) is 0 Å². The Bertz CT molecular complexity index is 654. The maximum Gasteiger partial charge on any atom is 0.252 e. The van der Waals surface area contributed by atoms with Crippen LogP contribution < -0.4 is 0 Å². The van der Waals surface area contributed by atoms with E-state index in [-0.39, 0.29) is 16.0 Å². The second-order valence-corrected chi connectivity index (χ2v) is 6.74. The lowest BCUT2D eigenvalue weighted by Crippen LogP contribution is -2.10. The van der Waals surface area contributed by atoms with Gasteiger partial charge in [0.25, 0.3) is 5.70 Å². The lowest BCUT2D eigenvalue weighted by Gasteiger charge is -2.13. The molecule has 2 rings (SSSR count). The van der Waals surface area contributed by atoms with Gasteiger partial charge in [0.2, 0.25) is 0 Å². The highest BCUT2D eigenvalue weighted by Gasteiger charge is 2.19. The van der Waals surface area contributed by atoms with Crippen LogP contribution in [0.15, 0.2) is 41.4 Å². The van der Waals surface area contributed by atoms with Crippen LogP contribution in [0.2, 0.25) is 0 Å². The average Bonchev–Trinajstić information content (AvgIpc) is 2.87. The van der Waals surface area contributed by atoms with E-state index in [1.165, 1.54) is 11.3 Å². The zero-order valence-electron chi connectivity index (χ0n) is 12.4. The molecule has 0 saturated heterocycles. The molecule has 5 heteroatoms. The standard InChI is InChI=1S/C16H18N2O2S/c1-16(2,3)15-17-13(11-21-15)10-14(18(19)20)9-12-7-5-4-6-8-12/h4-8,10-11H,9H2,1-3H3/b14-10-. The van der Waals surface area contributed by atoms with Gasteiger partial charge in [0.05, 0.1) is 22.0 Å². The molecule has 0 N–H and O–H groups in total. The highest BCUT2D eigenvalue weighted by Crippen LogP contribution is 2.26. The van der Waals surface area contributed by atoms with Crippen LogP contribution in [0.25, 0.3) is 6.08 Å². The van der Waals surface area contributed by atoms with Crippen molar-refractivity contribution in [2.24, 2.45) is 0 Å². The summed E-state index contributed by atoms with van der Waals surface area (Å²) in [4.78, 5) is 15.4. The van der Waals surface area contributed by atoms with Crippen molar-refractivity contribution in [2.75, 3.05) is 0 Å². The number of nitro groups is 1. The number of hydrogen-bond acceptors (Lipinski definition) is 4. The monoisotopic (exact) mass is 302 g/mol. The minimum Gasteiger partial charge on any atom is -0.259 e. The summed E-state index contributed by atoms with van der Waals surface area (Å²) in [6.45, 7) is 6.24. The number of nitrogens with zero attached hydrogens (tertiary/aromatic N) is 2. The van der Waals surface area contributed by atoms with Gasteiger partial charge in [0.15, 0.2) is 0 Å². The van der Waals surface area contributed by atoms with Gasteiger partial charge in [-0.25, -0.2) is 4.98 Å². The molecule has 21 heavy (non-hydrogen) atoms. The van der Waals surface area contributed by atoms with Gasteiger partial charge in [-0.15, -0.1) is 11.3 Å². The molecule has 0 atom stereocenters. The zero-order chi connectivity index (χ0) is 15.5. The highest BCUT2D eigenvalue weighted by molar-refractivity contribution is 7.09. The van der Waals surface area contributed by atoms with E-state index in [2.05, 4.69) is 25.8 Å². The average molecular weight is 302 g/mol. The topological polar surface area (TPSA) is 56.0 Å². The van der Waals surface area contributed by atoms with Gasteiger partial charge in [-0.2, -0.15) is 0 Å². The van der Waals surface area contributed by atoms with E-state index in [0.717, 1.165) is 10.6 Å². The lowest BCUT2D eigenvalue weighted by atomic mass is 9.98. The summed E-state index contributed by atoms with van der Waals surface area (Å²) in [5.74, 6) is 0. The third kappa shape index (κ3) is 4.23. The first-order valence-corrected chi connectivity index (χ1v) is 7.59. The molecule has 0 aliphatic rings. The van der Waals surface area contributed by atoms with Crippen LogP contribution in [0.5, 0.6) is 0 Å². The van der Waals surface area contributed by atoms with Crippen molar-refractivity contribution in [3.63, 3.8) is 0 Å². The van der Waals surface area contributed by atoms with Crippen LogP contribution in [-0.2, 0) is 11.8 Å². The number of rotatable bonds is 4. The van der Waals surface area contributed by atoms with Gasteiger partial charge in [-0.3, -0.25) is 10.1 Å². The second kappa shape index (κ2) is 6.18. The van der Waals surface area contributed by atoms with Crippen LogP contribution in [0.4, 0.5) is 0 Å². The van der Waals surface area contributed by atoms with Crippen molar-refractivity contribution < 1.29 is 4.92 Å². The quantitative estimate of drug-likeness (QED) is 0.625. The minimum atomic E-state index is -0.330. The molecule has 1 aromatic carbocycles. The molecule has 0 aliphatic carbocycles. The Hall–Kier alpha value is -2.01. The fraction of sp³-hybridized carbons (Fsp3) is 0.312. The predicted molar refractivity (Wildman–Crippen MR) is 85.9 cm³/mol. The maximum absolute atomic E-state index is 11.2. The molecule has 0 radical (unpaired) electrons. The van der Waals surface area contributed by atoms with E-state index in [1.807, 2.05) is 35.7 Å². The second-order valence-electron chi connectivity index (χ2n) is 5.88. The van der Waals surface area contributed by atoms with Crippen LogP contribution >= 0.6 is 11.3 Å². The molecule has 1 heterocycles. The van der Waals surface area contributed by atoms with E-state index in [1.54, 1.807) is 6.08 Å². The largest absolute Gasteiger partial charge is 0.259 e. The van der Waals surface area contributed by atoms with E-state index >= 15 is 0 Å². The van der Waals surface area contributed by atoms with Crippen molar-refractivity contribution >= 4 is 17.4 Å². The molecule has 2 aromatic rings. The van der Waals surface area contributed by atoms with Crippen LogP contribution in [0.1, 0.15) is 37.0 Å². The Labute approximate surface area is 128 Å². The van der Waals surface area contributed by atoms with Gasteiger partial charge >= 0.3 is 0 Å². The lowest BCUT2D eigenvalue weighted by molar-refractivity contribution is -0.425. The molecule has 0 bridgehead atoms. The van der Waals surface area contributed by atoms with Gasteiger partial charge in [-0.1, -0.05) is 51.1 Å². The van der Waals surface area contributed by atoms with Gasteiger partial charge in [0.1, 0.15) is 0 Å². The smallest absolute Gasteiger partial charge is 0.252 e. The Balaban J connectivity index is 2.26. The first kappa shape index (κ1) is 15.4. The summed E-state index contributed by atoms with van der Waals surface area (Å²) in [6, 6.07) is 9.44. The van der Waals surface area contributed by atoms with E-state index in [9.17, 15) is 10.1 Å². The first-order valence-electron chi connectivity index (χ1n) is 6.71. The van der Waals surface area contributed by atoms with Crippen molar-refractivity contribution in [3.8, 4) is 0 Å². The molecule has 0 aliphatic heterocycles. The molecule has 0 unspecified atom stereocenters. The molecule has 110 valence electrons. The summed E-state index contributed by atoms with van der Waals surface area (Å²) in [7, 11) is 0. The van der Waals surface area contributed by atoms with E-state index in [0.29, 0.717) is 12.1 Å². The summed E-state index contributed by atoms with van der Waals surface area (Å²) in [5, 5.41) is 14.1. The van der Waals surface area contributed by atoms with Gasteiger partial charge < -0.3 is 0 Å². The van der Waals surface area contributed by atoms with Gasteiger partial charge in [0, 0.05) is 16.9 Å². The Morgan fingerprint density at radius 3 is 2.52 bits per heavy atom. The third-order valence-corrected chi connectivity index (χ3v) is 4.23. The number of thiazole rings is 1. The summed E-state index contributed by atoms with van der Waals surface area (Å²) in [5.41, 5.74) is 1.71. The summed E-state index contributed by atoms with van der Waals surface area (Å²) < 4.78 is 0. The SMILES string of the molecule is CC(C)(C)c1nc(/C=C(/Cc2ccccc2)[N+](=O)[O-])cs1. The molecular formula is C16H18N2O2S. The van der Waals surface area contributed by atoms with Crippen molar-refractivity contribution in [3.05, 3.63) is 67.8 Å². The molecule has 1 aromatic heterocycles. The van der Waals surface area contributed by atoms with Gasteiger partial charge in [-0.05, 0) is 5.56 Å². The molecule has 0 spiro atoms. The fourth-order valence-corrected chi connectivity index (χ4v) is 2.71. The molecule has 4 nitrogen and oxygen atoms in total. The molecule has 0 fully saturated rings. The van der Waals surface area contributed by atoms with E-state index in [4.69, 9.17) is 0 Å². The van der Waals surface area contributed by atoms with Crippen molar-refractivity contribution in [1.82, 2.24) is 4.98 Å². The summed E-state index contributed by atoms with van der Waals surface area (Å²) in [6.07, 6.45) is 1.87. The number of aromatic nitrogens is 1. The highest BCUT2D eigenvalue weighted by atomic mass is 32.1. The maximum atomic E-state index is 11.2. The Morgan fingerprint density at radius 1 is 1.33 bits per heavy atom. The van der Waals surface area contributed by atoms with Crippen LogP contribution in [-0.4, -0.2) is 9.91 Å². The molecule has 0 amide bonds.